The standard InChI is InChI=1S/C13H19N3O2S/c1-8-10(18-9(2)15-8)11(17)16-6-4-13(3,5-7-16)12(14)19/h4-7H2,1-3H3,(H2,14,19). The highest BCUT2D eigenvalue weighted by molar-refractivity contribution is 7.80. The van der Waals surface area contributed by atoms with Gasteiger partial charge in [0.2, 0.25) is 5.76 Å². The number of carbonyl (C=O) groups is 1. The molecule has 2 rings (SSSR count). The number of rotatable bonds is 2. The number of amides is 1. The number of carbonyl (C=O) groups excluding carboxylic acids is 1. The summed E-state index contributed by atoms with van der Waals surface area (Å²) >= 11 is 5.10. The van der Waals surface area contributed by atoms with Gasteiger partial charge in [0, 0.05) is 25.4 Å². The van der Waals surface area contributed by atoms with Crippen LogP contribution in [-0.4, -0.2) is 33.9 Å². The summed E-state index contributed by atoms with van der Waals surface area (Å²) in [6.45, 7) is 6.87. The Morgan fingerprint density at radius 3 is 2.42 bits per heavy atom. The quantitative estimate of drug-likeness (QED) is 0.837. The second-order valence-electron chi connectivity index (χ2n) is 5.36. The van der Waals surface area contributed by atoms with Gasteiger partial charge in [0.25, 0.3) is 5.91 Å². The van der Waals surface area contributed by atoms with E-state index in [4.69, 9.17) is 22.4 Å². The number of aromatic nitrogens is 1. The SMILES string of the molecule is Cc1nc(C)c(C(=O)N2CCC(C)(C(N)=S)CC2)o1. The first kappa shape index (κ1) is 14.0. The molecule has 1 aromatic rings. The molecular formula is C13H19N3O2S. The van der Waals surface area contributed by atoms with Gasteiger partial charge in [0.15, 0.2) is 5.89 Å². The predicted molar refractivity (Wildman–Crippen MR) is 76.0 cm³/mol. The maximum absolute atomic E-state index is 12.3. The highest BCUT2D eigenvalue weighted by atomic mass is 32.1. The van der Waals surface area contributed by atoms with Crippen molar-refractivity contribution in [1.82, 2.24) is 9.88 Å². The highest BCUT2D eigenvalue weighted by Crippen LogP contribution is 2.31. The summed E-state index contributed by atoms with van der Waals surface area (Å²) in [5.74, 6) is 0.769. The van der Waals surface area contributed by atoms with Crippen molar-refractivity contribution < 1.29 is 9.21 Å². The van der Waals surface area contributed by atoms with E-state index in [-0.39, 0.29) is 11.3 Å². The van der Waals surface area contributed by atoms with Gasteiger partial charge < -0.3 is 15.1 Å². The third-order valence-corrected chi connectivity index (χ3v) is 4.34. The maximum Gasteiger partial charge on any atom is 0.291 e. The third kappa shape index (κ3) is 2.63. The molecule has 19 heavy (non-hydrogen) atoms. The molecule has 0 spiro atoms. The number of piperidine rings is 1. The van der Waals surface area contributed by atoms with Crippen LogP contribution in [0.3, 0.4) is 0 Å². The average Bonchev–Trinajstić information content (AvgIpc) is 2.68. The number of hydrogen-bond acceptors (Lipinski definition) is 4. The summed E-state index contributed by atoms with van der Waals surface area (Å²) in [5, 5.41) is 0. The van der Waals surface area contributed by atoms with Gasteiger partial charge in [-0.15, -0.1) is 0 Å². The molecule has 1 fully saturated rings. The Labute approximate surface area is 118 Å². The van der Waals surface area contributed by atoms with E-state index in [9.17, 15) is 4.79 Å². The fourth-order valence-corrected chi connectivity index (χ4v) is 2.53. The number of oxazole rings is 1. The van der Waals surface area contributed by atoms with E-state index in [1.165, 1.54) is 0 Å². The van der Waals surface area contributed by atoms with Crippen LogP contribution in [0.25, 0.3) is 0 Å². The first-order chi connectivity index (χ1) is 8.83. The lowest BCUT2D eigenvalue weighted by Gasteiger charge is -2.38. The smallest absolute Gasteiger partial charge is 0.291 e. The second kappa shape index (κ2) is 4.92. The fourth-order valence-electron chi connectivity index (χ4n) is 2.32. The van der Waals surface area contributed by atoms with E-state index < -0.39 is 0 Å². The minimum Gasteiger partial charge on any atom is -0.436 e. The van der Waals surface area contributed by atoms with Crippen molar-refractivity contribution in [2.24, 2.45) is 11.1 Å². The van der Waals surface area contributed by atoms with Gasteiger partial charge in [-0.2, -0.15) is 0 Å². The monoisotopic (exact) mass is 281 g/mol. The van der Waals surface area contributed by atoms with E-state index in [0.29, 0.717) is 35.4 Å². The lowest BCUT2D eigenvalue weighted by molar-refractivity contribution is 0.0636. The van der Waals surface area contributed by atoms with Crippen LogP contribution in [0.5, 0.6) is 0 Å². The molecule has 2 N–H and O–H groups in total. The van der Waals surface area contributed by atoms with Crippen molar-refractivity contribution in [3.05, 3.63) is 17.3 Å². The van der Waals surface area contributed by atoms with Crippen LogP contribution >= 0.6 is 12.2 Å². The molecule has 0 bridgehead atoms. The van der Waals surface area contributed by atoms with Gasteiger partial charge in [0.05, 0.1) is 10.7 Å². The molecule has 1 aliphatic heterocycles. The van der Waals surface area contributed by atoms with E-state index in [2.05, 4.69) is 11.9 Å². The van der Waals surface area contributed by atoms with Gasteiger partial charge in [0.1, 0.15) is 0 Å². The summed E-state index contributed by atoms with van der Waals surface area (Å²) in [7, 11) is 0. The minimum atomic E-state index is -0.140. The molecule has 6 heteroatoms. The zero-order valence-corrected chi connectivity index (χ0v) is 12.3. The molecule has 1 saturated heterocycles. The average molecular weight is 281 g/mol. The van der Waals surface area contributed by atoms with Crippen LogP contribution in [-0.2, 0) is 0 Å². The van der Waals surface area contributed by atoms with Gasteiger partial charge in [-0.1, -0.05) is 19.1 Å². The maximum atomic E-state index is 12.3. The summed E-state index contributed by atoms with van der Waals surface area (Å²) in [4.78, 5) is 18.8. The van der Waals surface area contributed by atoms with Crippen molar-refractivity contribution in [1.29, 1.82) is 0 Å². The van der Waals surface area contributed by atoms with Crippen molar-refractivity contribution in [2.45, 2.75) is 33.6 Å². The molecule has 0 aromatic carbocycles. The predicted octanol–water partition coefficient (Wildman–Crippen LogP) is 1.82. The van der Waals surface area contributed by atoms with Crippen molar-refractivity contribution in [3.8, 4) is 0 Å². The van der Waals surface area contributed by atoms with E-state index >= 15 is 0 Å². The Bertz CT molecular complexity index is 516. The summed E-state index contributed by atoms with van der Waals surface area (Å²) in [5.41, 5.74) is 6.26. The zero-order chi connectivity index (χ0) is 14.2. The van der Waals surface area contributed by atoms with Crippen molar-refractivity contribution in [3.63, 3.8) is 0 Å². The molecule has 2 heterocycles. The Balaban J connectivity index is 2.08. The van der Waals surface area contributed by atoms with Crippen LogP contribution in [0.2, 0.25) is 0 Å². The molecule has 104 valence electrons. The number of nitrogens with two attached hydrogens (primary N) is 1. The number of thiocarbonyl (C=S) groups is 1. The molecular weight excluding hydrogens is 262 g/mol. The molecule has 1 amide bonds. The number of hydrogen-bond donors (Lipinski definition) is 1. The lowest BCUT2D eigenvalue weighted by atomic mass is 9.80. The van der Waals surface area contributed by atoms with Crippen LogP contribution in [0.15, 0.2) is 4.42 Å². The van der Waals surface area contributed by atoms with E-state index in [1.807, 2.05) is 0 Å². The molecule has 1 aliphatic rings. The summed E-state index contributed by atoms with van der Waals surface area (Å²) in [6.07, 6.45) is 1.58. The summed E-state index contributed by atoms with van der Waals surface area (Å²) < 4.78 is 5.38. The van der Waals surface area contributed by atoms with Crippen LogP contribution in [0.4, 0.5) is 0 Å². The Morgan fingerprint density at radius 2 is 2.00 bits per heavy atom. The second-order valence-corrected chi connectivity index (χ2v) is 5.80. The third-order valence-electron chi connectivity index (χ3n) is 3.85. The molecule has 0 radical (unpaired) electrons. The normalized spacial score (nSPS) is 18.4. The van der Waals surface area contributed by atoms with Crippen LogP contribution < -0.4 is 5.73 Å². The minimum absolute atomic E-state index is 0.0944. The van der Waals surface area contributed by atoms with E-state index in [1.54, 1.807) is 18.7 Å². The molecule has 5 nitrogen and oxygen atoms in total. The van der Waals surface area contributed by atoms with Crippen molar-refractivity contribution in [2.75, 3.05) is 13.1 Å². The highest BCUT2D eigenvalue weighted by Gasteiger charge is 2.35. The van der Waals surface area contributed by atoms with Gasteiger partial charge in [-0.3, -0.25) is 4.79 Å². The zero-order valence-electron chi connectivity index (χ0n) is 11.5. The summed E-state index contributed by atoms with van der Waals surface area (Å²) in [6, 6.07) is 0. The fraction of sp³-hybridized carbons (Fsp3) is 0.615. The van der Waals surface area contributed by atoms with Gasteiger partial charge in [-0.05, 0) is 19.8 Å². The molecule has 0 atom stereocenters. The van der Waals surface area contributed by atoms with Gasteiger partial charge >= 0.3 is 0 Å². The lowest BCUT2D eigenvalue weighted by Crippen LogP contribution is -2.46. The van der Waals surface area contributed by atoms with Crippen LogP contribution in [0, 0.1) is 19.3 Å². The Morgan fingerprint density at radius 1 is 1.42 bits per heavy atom. The van der Waals surface area contributed by atoms with Crippen LogP contribution in [0.1, 0.15) is 41.9 Å². The molecule has 1 aromatic heterocycles. The molecule has 0 unspecified atom stereocenters. The largest absolute Gasteiger partial charge is 0.436 e. The Kier molecular flexibility index (Phi) is 3.62. The topological polar surface area (TPSA) is 72.4 Å². The van der Waals surface area contributed by atoms with E-state index in [0.717, 1.165) is 12.8 Å². The first-order valence-corrected chi connectivity index (χ1v) is 6.77. The molecule has 0 saturated carbocycles. The Hall–Kier alpha value is -1.43. The van der Waals surface area contributed by atoms with Gasteiger partial charge in [-0.25, -0.2) is 4.98 Å². The first-order valence-electron chi connectivity index (χ1n) is 6.37. The number of nitrogens with zero attached hydrogens (tertiary/aromatic N) is 2. The molecule has 0 aliphatic carbocycles. The number of likely N-dealkylation sites (tertiary alicyclic amines) is 1. The van der Waals surface area contributed by atoms with Crippen molar-refractivity contribution >= 4 is 23.1 Å². The number of aryl methyl sites for hydroxylation is 2.